The Morgan fingerprint density at radius 1 is 1.00 bits per heavy atom. The van der Waals surface area contributed by atoms with E-state index in [1.54, 1.807) is 7.05 Å². The third-order valence-corrected chi connectivity index (χ3v) is 6.10. The van der Waals surface area contributed by atoms with Crippen molar-refractivity contribution in [2.75, 3.05) is 56.6 Å². The van der Waals surface area contributed by atoms with Gasteiger partial charge in [0.2, 0.25) is 5.91 Å². The van der Waals surface area contributed by atoms with Gasteiger partial charge in [-0.3, -0.25) is 9.79 Å². The molecule has 0 bridgehead atoms. The number of halogens is 1. The number of piperazine rings is 1. The van der Waals surface area contributed by atoms with Crippen molar-refractivity contribution in [1.82, 2.24) is 20.5 Å². The van der Waals surface area contributed by atoms with Crippen molar-refractivity contribution in [1.29, 1.82) is 0 Å². The molecule has 0 saturated carbocycles. The van der Waals surface area contributed by atoms with Gasteiger partial charge in [-0.25, -0.2) is 4.98 Å². The van der Waals surface area contributed by atoms with Gasteiger partial charge in [-0.2, -0.15) is 0 Å². The van der Waals surface area contributed by atoms with Crippen LogP contribution in [0.25, 0.3) is 0 Å². The number of anilines is 2. The fraction of sp³-hybridized carbons (Fsp3) is 0.458. The minimum Gasteiger partial charge on any atom is -0.354 e. The Balaban J connectivity index is 0.00000306. The highest BCUT2D eigenvalue weighted by Crippen LogP contribution is 2.21. The molecule has 2 fully saturated rings. The van der Waals surface area contributed by atoms with E-state index in [4.69, 9.17) is 0 Å². The Hall–Kier alpha value is -2.40. The van der Waals surface area contributed by atoms with Crippen LogP contribution in [-0.4, -0.2) is 68.6 Å². The summed E-state index contributed by atoms with van der Waals surface area (Å²) in [5, 5.41) is 6.75. The summed E-state index contributed by atoms with van der Waals surface area (Å²) in [6.07, 6.45) is 3.48. The van der Waals surface area contributed by atoms with Crippen molar-refractivity contribution in [3.05, 3.63) is 53.7 Å². The zero-order chi connectivity index (χ0) is 22.3. The summed E-state index contributed by atoms with van der Waals surface area (Å²) < 4.78 is 0. The van der Waals surface area contributed by atoms with Crippen molar-refractivity contribution >= 4 is 47.3 Å². The molecule has 8 nitrogen and oxygen atoms in total. The van der Waals surface area contributed by atoms with Gasteiger partial charge in [0.05, 0.1) is 0 Å². The van der Waals surface area contributed by atoms with Crippen LogP contribution in [0, 0.1) is 0 Å². The lowest BCUT2D eigenvalue weighted by atomic mass is 10.2. The molecule has 0 spiro atoms. The van der Waals surface area contributed by atoms with Crippen LogP contribution in [-0.2, 0) is 17.9 Å². The highest BCUT2D eigenvalue weighted by atomic mass is 127. The molecule has 2 aliphatic heterocycles. The number of hydrogen-bond acceptors (Lipinski definition) is 5. The highest BCUT2D eigenvalue weighted by Gasteiger charge is 2.21. The maximum atomic E-state index is 11.9. The van der Waals surface area contributed by atoms with E-state index in [1.807, 2.05) is 29.3 Å². The molecule has 0 radical (unpaired) electrons. The monoisotopic (exact) mass is 563 g/mol. The number of amides is 1. The first kappa shape index (κ1) is 25.2. The molecule has 2 aliphatic rings. The minimum atomic E-state index is 0. The smallest absolute Gasteiger partial charge is 0.227 e. The lowest BCUT2D eigenvalue weighted by Gasteiger charge is -2.33. The Morgan fingerprint density at radius 2 is 1.70 bits per heavy atom. The van der Waals surface area contributed by atoms with E-state index in [0.29, 0.717) is 19.5 Å². The molecule has 9 heteroatoms. The minimum absolute atomic E-state index is 0. The molecule has 0 aliphatic carbocycles. The van der Waals surface area contributed by atoms with E-state index in [0.717, 1.165) is 62.2 Å². The van der Waals surface area contributed by atoms with E-state index in [1.165, 1.54) is 5.56 Å². The van der Waals surface area contributed by atoms with Crippen LogP contribution >= 0.6 is 24.0 Å². The van der Waals surface area contributed by atoms with Crippen LogP contribution in [0.3, 0.4) is 0 Å². The van der Waals surface area contributed by atoms with Crippen molar-refractivity contribution in [2.45, 2.75) is 25.9 Å². The number of nitrogens with one attached hydrogen (secondary N) is 2. The van der Waals surface area contributed by atoms with Crippen molar-refractivity contribution in [3.63, 3.8) is 0 Å². The number of carbonyl (C=O) groups excluding carboxylic acids is 1. The molecule has 3 heterocycles. The summed E-state index contributed by atoms with van der Waals surface area (Å²) in [5.74, 6) is 2.01. The molecular formula is C24H34IN7O. The quantitative estimate of drug-likeness (QED) is 0.320. The zero-order valence-electron chi connectivity index (χ0n) is 19.5. The molecule has 2 saturated heterocycles. The lowest BCUT2D eigenvalue weighted by Crippen LogP contribution is -2.44. The number of likely N-dealkylation sites (N-methyl/N-ethyl adjacent to an activating group) is 1. The van der Waals surface area contributed by atoms with Crippen LogP contribution in [0.2, 0.25) is 0 Å². The molecule has 1 aromatic heterocycles. The Kier molecular flexibility index (Phi) is 9.30. The fourth-order valence-corrected chi connectivity index (χ4v) is 4.09. The number of aromatic nitrogens is 1. The molecule has 1 aromatic carbocycles. The second kappa shape index (κ2) is 12.2. The Labute approximate surface area is 213 Å². The predicted octanol–water partition coefficient (Wildman–Crippen LogP) is 2.44. The predicted molar refractivity (Wildman–Crippen MR) is 144 cm³/mol. The van der Waals surface area contributed by atoms with Gasteiger partial charge in [0.15, 0.2) is 5.96 Å². The third-order valence-electron chi connectivity index (χ3n) is 6.10. The second-order valence-electron chi connectivity index (χ2n) is 8.41. The number of nitrogens with zero attached hydrogens (tertiary/aromatic N) is 5. The van der Waals surface area contributed by atoms with Gasteiger partial charge in [0.1, 0.15) is 5.82 Å². The molecule has 2 N–H and O–H groups in total. The van der Waals surface area contributed by atoms with E-state index in [9.17, 15) is 4.79 Å². The molecule has 33 heavy (non-hydrogen) atoms. The number of aliphatic imine (C=N–C) groups is 1. The molecular weight excluding hydrogens is 529 g/mol. The summed E-state index contributed by atoms with van der Waals surface area (Å²) in [6, 6.07) is 12.4. The van der Waals surface area contributed by atoms with Crippen molar-refractivity contribution < 1.29 is 4.79 Å². The first-order valence-electron chi connectivity index (χ1n) is 11.3. The molecule has 178 valence electrons. The molecule has 2 aromatic rings. The number of rotatable bonds is 6. The van der Waals surface area contributed by atoms with Gasteiger partial charge in [-0.05, 0) is 48.9 Å². The van der Waals surface area contributed by atoms with Gasteiger partial charge < -0.3 is 25.3 Å². The normalized spacial score (nSPS) is 17.2. The molecule has 4 rings (SSSR count). The third kappa shape index (κ3) is 6.80. The first-order valence-corrected chi connectivity index (χ1v) is 11.3. The van der Waals surface area contributed by atoms with Crippen molar-refractivity contribution in [3.8, 4) is 0 Å². The highest BCUT2D eigenvalue weighted by molar-refractivity contribution is 14.0. The standard InChI is InChI=1S/C24H33N7O.HI/c1-25-24(27-17-19-5-7-21(8-6-19)31-11-3-4-23(31)32)28-18-20-9-10-26-22(16-20)30-14-12-29(2)13-15-30;/h5-10,16H,3-4,11-15,17-18H2,1-2H3,(H2,25,27,28);1H. The Morgan fingerprint density at radius 3 is 2.33 bits per heavy atom. The maximum Gasteiger partial charge on any atom is 0.227 e. The van der Waals surface area contributed by atoms with Gasteiger partial charge in [0, 0.05) is 71.2 Å². The number of guanidine groups is 1. The first-order chi connectivity index (χ1) is 15.6. The zero-order valence-corrected chi connectivity index (χ0v) is 21.8. The number of pyridine rings is 1. The van der Waals surface area contributed by atoms with Gasteiger partial charge >= 0.3 is 0 Å². The van der Waals surface area contributed by atoms with Crippen LogP contribution in [0.15, 0.2) is 47.6 Å². The average molecular weight is 563 g/mol. The van der Waals surface area contributed by atoms with Gasteiger partial charge in [0.25, 0.3) is 0 Å². The van der Waals surface area contributed by atoms with E-state index in [-0.39, 0.29) is 29.9 Å². The summed E-state index contributed by atoms with van der Waals surface area (Å²) in [5.41, 5.74) is 3.30. The fourth-order valence-electron chi connectivity index (χ4n) is 4.09. The molecule has 0 unspecified atom stereocenters. The SMILES string of the molecule is CN=C(NCc1ccc(N2CCCC2=O)cc1)NCc1ccnc(N2CCN(C)CC2)c1.I. The van der Waals surface area contributed by atoms with E-state index >= 15 is 0 Å². The molecule has 0 atom stereocenters. The summed E-state index contributed by atoms with van der Waals surface area (Å²) in [4.78, 5) is 27.4. The van der Waals surface area contributed by atoms with E-state index < -0.39 is 0 Å². The molecule has 1 amide bonds. The number of carbonyl (C=O) groups is 1. The lowest BCUT2D eigenvalue weighted by molar-refractivity contribution is -0.117. The van der Waals surface area contributed by atoms with Crippen molar-refractivity contribution in [2.24, 2.45) is 4.99 Å². The number of hydrogen-bond donors (Lipinski definition) is 2. The van der Waals surface area contributed by atoms with Crippen LogP contribution < -0.4 is 20.4 Å². The average Bonchev–Trinajstić information content (AvgIpc) is 3.26. The summed E-state index contributed by atoms with van der Waals surface area (Å²) in [6.45, 7) is 6.31. The van der Waals surface area contributed by atoms with Crippen LogP contribution in [0.5, 0.6) is 0 Å². The van der Waals surface area contributed by atoms with E-state index in [2.05, 4.69) is 55.7 Å². The van der Waals surface area contributed by atoms with Gasteiger partial charge in [-0.1, -0.05) is 12.1 Å². The summed E-state index contributed by atoms with van der Waals surface area (Å²) >= 11 is 0. The second-order valence-corrected chi connectivity index (χ2v) is 8.41. The van der Waals surface area contributed by atoms with Crippen LogP contribution in [0.1, 0.15) is 24.0 Å². The maximum absolute atomic E-state index is 11.9. The number of benzene rings is 1. The van der Waals surface area contributed by atoms with Crippen LogP contribution in [0.4, 0.5) is 11.5 Å². The summed E-state index contributed by atoms with van der Waals surface area (Å²) in [7, 11) is 3.94. The van der Waals surface area contributed by atoms with Gasteiger partial charge in [-0.15, -0.1) is 24.0 Å². The Bertz CT molecular complexity index is 942. The largest absolute Gasteiger partial charge is 0.354 e. The topological polar surface area (TPSA) is 76.1 Å².